The Morgan fingerprint density at radius 1 is 1.26 bits per heavy atom. The summed E-state index contributed by atoms with van der Waals surface area (Å²) in [7, 11) is 0. The second kappa shape index (κ2) is 7.14. The van der Waals surface area contributed by atoms with Gasteiger partial charge in [-0.3, -0.25) is 0 Å². The molecule has 0 aromatic carbocycles. The molecule has 1 saturated heterocycles. The zero-order valence-corrected chi connectivity index (χ0v) is 12.9. The molecule has 0 saturated carbocycles. The molecule has 1 aromatic rings. The van der Waals surface area contributed by atoms with E-state index in [0.29, 0.717) is 5.88 Å². The summed E-state index contributed by atoms with van der Waals surface area (Å²) in [5.41, 5.74) is 2.35. The molecule has 1 aromatic heterocycles. The van der Waals surface area contributed by atoms with Gasteiger partial charge in [0, 0.05) is 24.7 Å². The van der Waals surface area contributed by atoms with E-state index in [2.05, 4.69) is 30.9 Å². The Morgan fingerprint density at radius 2 is 2.11 bits per heavy atom. The Morgan fingerprint density at radius 3 is 2.79 bits per heavy atom. The first kappa shape index (κ1) is 14.6. The van der Waals surface area contributed by atoms with Crippen LogP contribution in [0.4, 0.5) is 5.82 Å². The monoisotopic (exact) mass is 280 g/mol. The van der Waals surface area contributed by atoms with Crippen molar-refractivity contribution in [2.75, 3.05) is 18.0 Å². The molecule has 2 nitrogen and oxygen atoms in total. The van der Waals surface area contributed by atoms with E-state index < -0.39 is 0 Å². The first-order chi connectivity index (χ1) is 9.26. The number of pyridine rings is 1. The van der Waals surface area contributed by atoms with Crippen LogP contribution in [0.1, 0.15) is 50.8 Å². The molecule has 0 bridgehead atoms. The lowest BCUT2D eigenvalue weighted by Gasteiger charge is -2.23. The van der Waals surface area contributed by atoms with Crippen LogP contribution in [0.15, 0.2) is 12.1 Å². The van der Waals surface area contributed by atoms with Gasteiger partial charge < -0.3 is 4.90 Å². The molecule has 0 N–H and O–H groups in total. The van der Waals surface area contributed by atoms with Crippen molar-refractivity contribution in [2.24, 2.45) is 5.92 Å². The van der Waals surface area contributed by atoms with Gasteiger partial charge in [-0.1, -0.05) is 20.3 Å². The molecule has 1 aliphatic rings. The molecule has 2 rings (SSSR count). The molecule has 1 atom stereocenters. The number of anilines is 1. The molecule has 3 heteroatoms. The van der Waals surface area contributed by atoms with E-state index in [-0.39, 0.29) is 0 Å². The molecule has 1 unspecified atom stereocenters. The van der Waals surface area contributed by atoms with Crippen LogP contribution in [0.25, 0.3) is 0 Å². The largest absolute Gasteiger partial charge is 0.357 e. The fourth-order valence-corrected chi connectivity index (χ4v) is 3.01. The van der Waals surface area contributed by atoms with Crippen LogP contribution in [-0.4, -0.2) is 18.1 Å². The molecule has 2 heterocycles. The van der Waals surface area contributed by atoms with Gasteiger partial charge in [0.25, 0.3) is 0 Å². The number of alkyl halides is 1. The van der Waals surface area contributed by atoms with Crippen LogP contribution in [0.5, 0.6) is 0 Å². The topological polar surface area (TPSA) is 16.1 Å². The Bertz CT molecular complexity index is 383. The maximum atomic E-state index is 6.00. The number of hydrogen-bond donors (Lipinski definition) is 0. The van der Waals surface area contributed by atoms with Gasteiger partial charge in [0.15, 0.2) is 0 Å². The Hall–Kier alpha value is -0.760. The molecular weight excluding hydrogens is 256 g/mol. The summed E-state index contributed by atoms with van der Waals surface area (Å²) in [5.74, 6) is 2.60. The third-order valence-corrected chi connectivity index (χ3v) is 4.50. The minimum absolute atomic E-state index is 0.577. The van der Waals surface area contributed by atoms with Crippen molar-refractivity contribution in [1.29, 1.82) is 0 Å². The summed E-state index contributed by atoms with van der Waals surface area (Å²) in [6.45, 7) is 6.74. The van der Waals surface area contributed by atoms with Crippen LogP contribution in [0.3, 0.4) is 0 Å². The molecule has 1 aliphatic heterocycles. The van der Waals surface area contributed by atoms with Crippen molar-refractivity contribution in [3.63, 3.8) is 0 Å². The quantitative estimate of drug-likeness (QED) is 0.760. The van der Waals surface area contributed by atoms with E-state index in [4.69, 9.17) is 16.6 Å². The van der Waals surface area contributed by atoms with Crippen molar-refractivity contribution in [2.45, 2.75) is 51.8 Å². The molecule has 0 amide bonds. The zero-order valence-electron chi connectivity index (χ0n) is 12.2. The predicted octanol–water partition coefficient (Wildman–Crippen LogP) is 4.40. The average Bonchev–Trinajstić information content (AvgIpc) is 2.72. The maximum Gasteiger partial charge on any atom is 0.129 e. The minimum Gasteiger partial charge on any atom is -0.357 e. The number of halogens is 1. The highest BCUT2D eigenvalue weighted by Gasteiger charge is 2.17. The van der Waals surface area contributed by atoms with Gasteiger partial charge in [0.05, 0.1) is 0 Å². The lowest BCUT2D eigenvalue weighted by atomic mass is 9.98. The predicted molar refractivity (Wildman–Crippen MR) is 83.0 cm³/mol. The second-order valence-electron chi connectivity index (χ2n) is 5.50. The molecule has 0 aliphatic carbocycles. The van der Waals surface area contributed by atoms with Gasteiger partial charge in [0.1, 0.15) is 5.82 Å². The normalized spacial score (nSPS) is 20.4. The van der Waals surface area contributed by atoms with Crippen molar-refractivity contribution in [3.05, 3.63) is 23.4 Å². The number of hydrogen-bond acceptors (Lipinski definition) is 2. The summed E-state index contributed by atoms with van der Waals surface area (Å²) in [6.07, 6.45) is 6.23. The molecule has 0 spiro atoms. The highest BCUT2D eigenvalue weighted by molar-refractivity contribution is 6.17. The van der Waals surface area contributed by atoms with Gasteiger partial charge in [0.2, 0.25) is 0 Å². The Kier molecular flexibility index (Phi) is 5.50. The van der Waals surface area contributed by atoms with Crippen molar-refractivity contribution in [3.8, 4) is 0 Å². The van der Waals surface area contributed by atoms with E-state index in [9.17, 15) is 0 Å². The van der Waals surface area contributed by atoms with Crippen molar-refractivity contribution < 1.29 is 0 Å². The summed E-state index contributed by atoms with van der Waals surface area (Å²) < 4.78 is 0. The van der Waals surface area contributed by atoms with Crippen LogP contribution in [-0.2, 0) is 12.3 Å². The highest BCUT2D eigenvalue weighted by Crippen LogP contribution is 2.24. The van der Waals surface area contributed by atoms with Crippen molar-refractivity contribution >= 4 is 17.4 Å². The van der Waals surface area contributed by atoms with Crippen LogP contribution >= 0.6 is 11.6 Å². The first-order valence-corrected chi connectivity index (χ1v) is 8.11. The number of nitrogens with zero attached hydrogens (tertiary/aromatic N) is 2. The maximum absolute atomic E-state index is 6.00. The fraction of sp³-hybridized carbons (Fsp3) is 0.688. The summed E-state index contributed by atoms with van der Waals surface area (Å²) in [4.78, 5) is 7.23. The van der Waals surface area contributed by atoms with Gasteiger partial charge in [-0.05, 0) is 49.3 Å². The van der Waals surface area contributed by atoms with Crippen LogP contribution in [0, 0.1) is 5.92 Å². The number of rotatable bonds is 4. The van der Waals surface area contributed by atoms with Crippen LogP contribution in [0.2, 0.25) is 0 Å². The molecule has 0 radical (unpaired) electrons. The van der Waals surface area contributed by atoms with Gasteiger partial charge in [-0.2, -0.15) is 0 Å². The lowest BCUT2D eigenvalue weighted by Crippen LogP contribution is -2.25. The van der Waals surface area contributed by atoms with E-state index in [1.807, 2.05) is 0 Å². The van der Waals surface area contributed by atoms with E-state index in [0.717, 1.165) is 36.9 Å². The van der Waals surface area contributed by atoms with Crippen LogP contribution < -0.4 is 4.90 Å². The second-order valence-corrected chi connectivity index (χ2v) is 5.77. The van der Waals surface area contributed by atoms with E-state index in [1.54, 1.807) is 0 Å². The van der Waals surface area contributed by atoms with Gasteiger partial charge in [-0.25, -0.2) is 4.98 Å². The SMILES string of the molecule is CCc1cc(CCl)cc(N2CCCC(CC)CC2)n1. The van der Waals surface area contributed by atoms with Crippen molar-refractivity contribution in [1.82, 2.24) is 4.98 Å². The zero-order chi connectivity index (χ0) is 13.7. The third kappa shape index (κ3) is 3.85. The fourth-order valence-electron chi connectivity index (χ4n) is 2.86. The minimum atomic E-state index is 0.577. The molecule has 106 valence electrons. The Balaban J connectivity index is 2.16. The summed E-state index contributed by atoms with van der Waals surface area (Å²) in [6, 6.07) is 4.29. The lowest BCUT2D eigenvalue weighted by molar-refractivity contribution is 0.459. The standard InChI is InChI=1S/C16H25ClN2/c1-3-13-6-5-8-19(9-7-13)16-11-14(12-17)10-15(4-2)18-16/h10-11,13H,3-9,12H2,1-2H3. The third-order valence-electron chi connectivity index (χ3n) is 4.19. The molecular formula is C16H25ClN2. The van der Waals surface area contributed by atoms with Gasteiger partial charge in [-0.15, -0.1) is 11.6 Å². The Labute approximate surface area is 122 Å². The van der Waals surface area contributed by atoms with E-state index >= 15 is 0 Å². The first-order valence-electron chi connectivity index (χ1n) is 7.57. The van der Waals surface area contributed by atoms with Gasteiger partial charge >= 0.3 is 0 Å². The summed E-state index contributed by atoms with van der Waals surface area (Å²) in [5, 5.41) is 0. The smallest absolute Gasteiger partial charge is 0.129 e. The average molecular weight is 281 g/mol. The number of aryl methyl sites for hydroxylation is 1. The highest BCUT2D eigenvalue weighted by atomic mass is 35.5. The molecule has 1 fully saturated rings. The van der Waals surface area contributed by atoms with E-state index in [1.165, 1.54) is 31.2 Å². The summed E-state index contributed by atoms with van der Waals surface area (Å²) >= 11 is 6.00. The number of aromatic nitrogens is 1. The molecule has 19 heavy (non-hydrogen) atoms.